The fourth-order valence-electron chi connectivity index (χ4n) is 1.68. The van der Waals surface area contributed by atoms with Gasteiger partial charge in [-0.1, -0.05) is 35.0 Å². The molecule has 122 valence electrons. The second-order valence-electron chi connectivity index (χ2n) is 4.56. The van der Waals surface area contributed by atoms with Crippen LogP contribution in [0.4, 0.5) is 5.69 Å². The number of hydrogen-bond donors (Lipinski definition) is 3. The first-order chi connectivity index (χ1) is 10.8. The van der Waals surface area contributed by atoms with Crippen molar-refractivity contribution < 1.29 is 14.4 Å². The van der Waals surface area contributed by atoms with Gasteiger partial charge in [0.15, 0.2) is 5.17 Å². The highest BCUT2D eigenvalue weighted by Crippen LogP contribution is 2.26. The molecule has 0 spiro atoms. The van der Waals surface area contributed by atoms with Crippen molar-refractivity contribution in [1.29, 1.82) is 0 Å². The van der Waals surface area contributed by atoms with Gasteiger partial charge in [0.25, 0.3) is 0 Å². The molecule has 7 nitrogen and oxygen atoms in total. The highest BCUT2D eigenvalue weighted by molar-refractivity contribution is 8.15. The van der Waals surface area contributed by atoms with Gasteiger partial charge in [-0.15, -0.1) is 5.10 Å². The molecule has 0 saturated carbocycles. The number of rotatable bonds is 4. The molecule has 1 fully saturated rings. The maximum Gasteiger partial charge on any atom is 0.240 e. The Morgan fingerprint density at radius 2 is 2.09 bits per heavy atom. The van der Waals surface area contributed by atoms with Crippen LogP contribution in [0.5, 0.6) is 0 Å². The van der Waals surface area contributed by atoms with Crippen molar-refractivity contribution in [3.05, 3.63) is 28.2 Å². The normalized spacial score (nSPS) is 18.7. The lowest BCUT2D eigenvalue weighted by Crippen LogP contribution is -2.28. The van der Waals surface area contributed by atoms with Gasteiger partial charge in [-0.05, 0) is 18.2 Å². The first-order valence-corrected chi connectivity index (χ1v) is 8.05. The summed E-state index contributed by atoms with van der Waals surface area (Å²) >= 11 is 12.7. The van der Waals surface area contributed by atoms with Gasteiger partial charge in [-0.3, -0.25) is 14.4 Å². The maximum absolute atomic E-state index is 12.0. The van der Waals surface area contributed by atoms with Crippen LogP contribution in [-0.2, 0) is 14.4 Å². The summed E-state index contributed by atoms with van der Waals surface area (Å²) in [4.78, 5) is 34.5. The second-order valence-corrected chi connectivity index (χ2v) is 6.57. The number of halogens is 2. The van der Waals surface area contributed by atoms with Crippen LogP contribution in [0.25, 0.3) is 0 Å². The molecule has 0 bridgehead atoms. The average molecular weight is 375 g/mol. The molecule has 2 rings (SSSR count). The van der Waals surface area contributed by atoms with Crippen molar-refractivity contribution in [2.45, 2.75) is 18.6 Å². The monoisotopic (exact) mass is 374 g/mol. The zero-order chi connectivity index (χ0) is 17.0. The first-order valence-electron chi connectivity index (χ1n) is 6.42. The van der Waals surface area contributed by atoms with E-state index in [-0.39, 0.29) is 29.3 Å². The summed E-state index contributed by atoms with van der Waals surface area (Å²) in [6, 6.07) is 4.69. The molecule has 10 heteroatoms. The average Bonchev–Trinajstić information content (AvgIpc) is 2.81. The molecule has 0 aliphatic carbocycles. The molecule has 1 saturated heterocycles. The van der Waals surface area contributed by atoms with E-state index in [4.69, 9.17) is 23.2 Å². The Morgan fingerprint density at radius 1 is 1.35 bits per heavy atom. The van der Waals surface area contributed by atoms with Crippen LogP contribution in [0.2, 0.25) is 10.0 Å². The molecule has 0 unspecified atom stereocenters. The van der Waals surface area contributed by atoms with E-state index < -0.39 is 5.25 Å². The quantitative estimate of drug-likeness (QED) is 0.701. The van der Waals surface area contributed by atoms with E-state index >= 15 is 0 Å². The fourth-order valence-corrected chi connectivity index (χ4v) is 2.90. The van der Waals surface area contributed by atoms with Crippen LogP contribution >= 0.6 is 35.0 Å². The van der Waals surface area contributed by atoms with E-state index in [2.05, 4.69) is 21.2 Å². The number of nitrogens with zero attached hydrogens (tertiary/aromatic N) is 1. The molecule has 1 aromatic rings. The molecule has 1 aromatic carbocycles. The number of anilines is 1. The number of benzene rings is 1. The van der Waals surface area contributed by atoms with Gasteiger partial charge in [0, 0.05) is 19.0 Å². The van der Waals surface area contributed by atoms with E-state index in [0.717, 1.165) is 11.8 Å². The van der Waals surface area contributed by atoms with Crippen LogP contribution in [0.1, 0.15) is 13.3 Å². The number of amidine groups is 1. The van der Waals surface area contributed by atoms with Crippen molar-refractivity contribution in [2.75, 3.05) is 5.32 Å². The third-order valence-corrected chi connectivity index (χ3v) is 4.49. The fraction of sp³-hybridized carbons (Fsp3) is 0.231. The summed E-state index contributed by atoms with van der Waals surface area (Å²) in [7, 11) is 0. The van der Waals surface area contributed by atoms with E-state index in [1.54, 1.807) is 12.1 Å². The number of hydrogen-bond acceptors (Lipinski definition) is 5. The van der Waals surface area contributed by atoms with Gasteiger partial charge < -0.3 is 10.6 Å². The Balaban J connectivity index is 1.92. The Labute approximate surface area is 146 Å². The number of carbonyl (C=O) groups excluding carboxylic acids is 3. The number of hydrazone groups is 1. The molecule has 3 N–H and O–H groups in total. The lowest BCUT2D eigenvalue weighted by molar-refractivity contribution is -0.122. The van der Waals surface area contributed by atoms with Crippen LogP contribution in [-0.4, -0.2) is 28.1 Å². The zero-order valence-electron chi connectivity index (χ0n) is 11.9. The Bertz CT molecular complexity index is 696. The summed E-state index contributed by atoms with van der Waals surface area (Å²) in [6.07, 6.45) is -0.0458. The van der Waals surface area contributed by atoms with E-state index in [1.807, 2.05) is 0 Å². The van der Waals surface area contributed by atoms with Crippen LogP contribution in [0.15, 0.2) is 23.3 Å². The maximum atomic E-state index is 12.0. The Hall–Kier alpha value is -1.77. The summed E-state index contributed by atoms with van der Waals surface area (Å²) in [6.45, 7) is 1.30. The highest BCUT2D eigenvalue weighted by Gasteiger charge is 2.32. The molecule has 1 aliphatic heterocycles. The topological polar surface area (TPSA) is 99.7 Å². The molecule has 3 amide bonds. The minimum atomic E-state index is -0.620. The smallest absolute Gasteiger partial charge is 0.240 e. The molecule has 0 radical (unpaired) electrons. The van der Waals surface area contributed by atoms with Crippen molar-refractivity contribution in [3.63, 3.8) is 0 Å². The minimum Gasteiger partial charge on any atom is -0.326 e. The van der Waals surface area contributed by atoms with E-state index in [1.165, 1.54) is 13.0 Å². The van der Waals surface area contributed by atoms with Crippen LogP contribution in [0.3, 0.4) is 0 Å². The van der Waals surface area contributed by atoms with Gasteiger partial charge >= 0.3 is 0 Å². The van der Waals surface area contributed by atoms with Gasteiger partial charge in [0.2, 0.25) is 17.7 Å². The Kier molecular flexibility index (Phi) is 5.86. The molecular formula is C13H12Cl2N4O3S. The predicted octanol–water partition coefficient (Wildman–Crippen LogP) is 1.96. The summed E-state index contributed by atoms with van der Waals surface area (Å²) in [5.41, 5.74) is 2.71. The molecule has 23 heavy (non-hydrogen) atoms. The minimum absolute atomic E-state index is 0.0458. The van der Waals surface area contributed by atoms with E-state index in [0.29, 0.717) is 15.7 Å². The standard InChI is InChI=1S/C13H12Cl2N4O3S/c1-6(20)18-19-13-17-12(22)10(23-13)5-11(21)16-7-2-3-8(14)9(15)4-7/h2-4,10H,5H2,1H3,(H,16,21)(H,18,20)(H,17,19,22)/t10-/m0/s1. The predicted molar refractivity (Wildman–Crippen MR) is 90.5 cm³/mol. The van der Waals surface area contributed by atoms with Crippen molar-refractivity contribution in [1.82, 2.24) is 10.7 Å². The van der Waals surface area contributed by atoms with Crippen molar-refractivity contribution in [2.24, 2.45) is 5.10 Å². The number of amides is 3. The SMILES string of the molecule is CC(=O)N/N=C1\NC(=O)[C@H](CC(=O)Nc2ccc(Cl)c(Cl)c2)S1. The van der Waals surface area contributed by atoms with Crippen LogP contribution < -0.4 is 16.1 Å². The number of carbonyl (C=O) groups is 3. The molecule has 1 aliphatic rings. The summed E-state index contributed by atoms with van der Waals surface area (Å²) < 4.78 is 0. The zero-order valence-corrected chi connectivity index (χ0v) is 14.2. The lowest BCUT2D eigenvalue weighted by atomic mass is 10.2. The third kappa shape index (κ3) is 5.12. The Morgan fingerprint density at radius 3 is 2.74 bits per heavy atom. The lowest BCUT2D eigenvalue weighted by Gasteiger charge is -2.08. The van der Waals surface area contributed by atoms with Gasteiger partial charge in [-0.2, -0.15) is 0 Å². The molecular weight excluding hydrogens is 363 g/mol. The van der Waals surface area contributed by atoms with Crippen molar-refractivity contribution in [3.8, 4) is 0 Å². The highest BCUT2D eigenvalue weighted by atomic mass is 35.5. The molecule has 0 aromatic heterocycles. The molecule has 1 heterocycles. The van der Waals surface area contributed by atoms with E-state index in [9.17, 15) is 14.4 Å². The largest absolute Gasteiger partial charge is 0.326 e. The van der Waals surface area contributed by atoms with Crippen molar-refractivity contribution >= 4 is 63.5 Å². The van der Waals surface area contributed by atoms with Gasteiger partial charge in [-0.25, -0.2) is 5.43 Å². The van der Waals surface area contributed by atoms with Gasteiger partial charge in [0.05, 0.1) is 10.0 Å². The third-order valence-electron chi connectivity index (χ3n) is 2.67. The van der Waals surface area contributed by atoms with Crippen LogP contribution in [0, 0.1) is 0 Å². The number of thioether (sulfide) groups is 1. The summed E-state index contributed by atoms with van der Waals surface area (Å²) in [5, 5.41) is 9.18. The van der Waals surface area contributed by atoms with Gasteiger partial charge in [0.1, 0.15) is 5.25 Å². The summed E-state index contributed by atoms with van der Waals surface area (Å²) in [5.74, 6) is -1.05. The number of nitrogens with one attached hydrogen (secondary N) is 3. The molecule has 1 atom stereocenters. The second kappa shape index (κ2) is 7.67. The first kappa shape index (κ1) is 17.6.